The van der Waals surface area contributed by atoms with Crippen molar-refractivity contribution in [3.05, 3.63) is 194 Å². The summed E-state index contributed by atoms with van der Waals surface area (Å²) in [5, 5.41) is 4.31. The Bertz CT molecular complexity index is 3440. The lowest BCUT2D eigenvalue weighted by Crippen LogP contribution is -2.60. The zero-order valence-corrected chi connectivity index (χ0v) is 31.6. The topological polar surface area (TPSA) is 49.1 Å². The highest BCUT2D eigenvalue weighted by Crippen LogP contribution is 2.49. The molecule has 0 unspecified atom stereocenters. The first-order valence-electron chi connectivity index (χ1n) is 20.0. The Morgan fingerprint density at radius 2 is 0.949 bits per heavy atom. The van der Waals surface area contributed by atoms with Gasteiger partial charge in [-0.25, -0.2) is 0 Å². The second kappa shape index (κ2) is 12.3. The van der Waals surface area contributed by atoms with Gasteiger partial charge in [0.1, 0.15) is 22.3 Å². The van der Waals surface area contributed by atoms with Gasteiger partial charge in [0.25, 0.3) is 0 Å². The monoisotopic (exact) mass is 757 g/mol. The fourth-order valence-corrected chi connectivity index (χ4v) is 9.59. The maximum Gasteiger partial charge on any atom is 0.302 e. The molecule has 8 aromatic carbocycles. The molecule has 0 N–H and O–H groups in total. The molecule has 59 heavy (non-hydrogen) atoms. The summed E-state index contributed by atoms with van der Waals surface area (Å²) >= 11 is 0. The van der Waals surface area contributed by atoms with Crippen LogP contribution in [0.1, 0.15) is 0 Å². The summed E-state index contributed by atoms with van der Waals surface area (Å²) in [5.41, 5.74) is 15.0. The molecule has 2 aliphatic heterocycles. The Morgan fingerprint density at radius 1 is 0.373 bits per heavy atom. The predicted octanol–water partition coefficient (Wildman–Crippen LogP) is 12.6. The number of rotatable bonds is 5. The van der Waals surface area contributed by atoms with Gasteiger partial charge in [-0.15, -0.1) is 0 Å². The third kappa shape index (κ3) is 4.64. The van der Waals surface area contributed by atoms with E-state index in [2.05, 4.69) is 191 Å². The fourth-order valence-electron chi connectivity index (χ4n) is 9.59. The molecule has 0 spiro atoms. The van der Waals surface area contributed by atoms with Gasteiger partial charge in [-0.05, 0) is 103 Å². The lowest BCUT2D eigenvalue weighted by atomic mass is 9.35. The molecule has 0 atom stereocenters. The minimum absolute atomic E-state index is 0.209. The third-order valence-electron chi connectivity index (χ3n) is 12.0. The van der Waals surface area contributed by atoms with Crippen molar-refractivity contribution in [2.75, 3.05) is 14.7 Å². The Balaban J connectivity index is 1.06. The molecule has 276 valence electrons. The van der Waals surface area contributed by atoms with E-state index in [0.717, 1.165) is 106 Å². The minimum Gasteiger partial charge on any atom is -0.468 e. The van der Waals surface area contributed by atoms with Gasteiger partial charge in [-0.3, -0.25) is 4.90 Å². The molecular weight excluding hydrogens is 725 g/mol. The van der Waals surface area contributed by atoms with Crippen molar-refractivity contribution < 1.29 is 13.3 Å². The van der Waals surface area contributed by atoms with Crippen molar-refractivity contribution >= 4 is 119 Å². The normalized spacial score (nSPS) is 13.0. The van der Waals surface area contributed by atoms with Crippen molar-refractivity contribution in [2.45, 2.75) is 0 Å². The first-order chi connectivity index (χ1) is 29.3. The summed E-state index contributed by atoms with van der Waals surface area (Å²) in [5.74, 6) is 0.815. The van der Waals surface area contributed by atoms with Gasteiger partial charge in [0.15, 0.2) is 0 Å². The van der Waals surface area contributed by atoms with Crippen LogP contribution in [-0.4, -0.2) is 6.71 Å². The van der Waals surface area contributed by atoms with Crippen molar-refractivity contribution in [3.8, 4) is 0 Å². The average molecular weight is 758 g/mol. The zero-order valence-electron chi connectivity index (χ0n) is 31.6. The number of nitrogens with zero attached hydrogens (tertiary/aromatic N) is 3. The smallest absolute Gasteiger partial charge is 0.302 e. The number of hydrogen-bond donors (Lipinski definition) is 0. The summed E-state index contributed by atoms with van der Waals surface area (Å²) in [6, 6.07) is 68.1. The van der Waals surface area contributed by atoms with Crippen LogP contribution in [0.5, 0.6) is 0 Å². The highest BCUT2D eigenvalue weighted by atomic mass is 16.4. The molecule has 3 aromatic heterocycles. The van der Waals surface area contributed by atoms with Gasteiger partial charge in [0.05, 0.1) is 11.3 Å². The fraction of sp³-hybridized carbons (Fsp3) is 0. The second-order valence-electron chi connectivity index (χ2n) is 15.2. The highest BCUT2D eigenvalue weighted by Gasteiger charge is 2.49. The zero-order chi connectivity index (χ0) is 38.6. The first-order valence-corrected chi connectivity index (χ1v) is 20.0. The maximum absolute atomic E-state index is 7.07. The first kappa shape index (κ1) is 32.2. The number of anilines is 9. The number of fused-ring (bicyclic) bond motifs is 11. The summed E-state index contributed by atoms with van der Waals surface area (Å²) in [6.07, 6.45) is 0. The summed E-state index contributed by atoms with van der Waals surface area (Å²) in [7, 11) is 0. The van der Waals surface area contributed by atoms with E-state index >= 15 is 0 Å². The van der Waals surface area contributed by atoms with E-state index < -0.39 is 0 Å². The standard InChI is InChI=1S/C52H32BN3O3/c1-3-15-33(16-4-1)54(37-29-30-47-41(32-37)38-21-7-10-26-44(38)57-47)35-19-13-20-36(31-35)55-42-24-14-25-43-49(42)53(51-50(55)40-23-9-12-28-46(40)58-51)48-39-22-8-11-27-45(39)59-52(48)56(43)34-17-5-2-6-18-34/h1-32H. The van der Waals surface area contributed by atoms with Crippen LogP contribution in [-0.2, 0) is 0 Å². The van der Waals surface area contributed by atoms with E-state index in [-0.39, 0.29) is 6.71 Å². The van der Waals surface area contributed by atoms with Crippen LogP contribution >= 0.6 is 0 Å². The number of furan rings is 3. The lowest BCUT2D eigenvalue weighted by Gasteiger charge is -2.40. The van der Waals surface area contributed by atoms with Gasteiger partial charge in [-0.1, -0.05) is 97.1 Å². The molecular formula is C52H32BN3O3. The summed E-state index contributed by atoms with van der Waals surface area (Å²) in [6.45, 7) is -0.209. The molecule has 11 aromatic rings. The lowest BCUT2D eigenvalue weighted by molar-refractivity contribution is 0.622. The van der Waals surface area contributed by atoms with Crippen LogP contribution in [0.15, 0.2) is 207 Å². The average Bonchev–Trinajstić information content (AvgIpc) is 3.99. The van der Waals surface area contributed by atoms with Crippen molar-refractivity contribution in [2.24, 2.45) is 0 Å². The van der Waals surface area contributed by atoms with Crippen molar-refractivity contribution in [1.82, 2.24) is 0 Å². The van der Waals surface area contributed by atoms with Crippen molar-refractivity contribution in [3.63, 3.8) is 0 Å². The van der Waals surface area contributed by atoms with E-state index in [1.165, 1.54) is 5.46 Å². The van der Waals surface area contributed by atoms with Crippen LogP contribution in [0.3, 0.4) is 0 Å². The highest BCUT2D eigenvalue weighted by molar-refractivity contribution is 7.01. The molecule has 6 nitrogen and oxygen atoms in total. The number of benzene rings is 8. The van der Waals surface area contributed by atoms with Gasteiger partial charge < -0.3 is 23.1 Å². The molecule has 5 heterocycles. The Labute approximate surface area is 339 Å². The van der Waals surface area contributed by atoms with E-state index in [1.54, 1.807) is 0 Å². The van der Waals surface area contributed by atoms with Gasteiger partial charge >= 0.3 is 6.71 Å². The van der Waals surface area contributed by atoms with Crippen LogP contribution in [0.25, 0.3) is 43.9 Å². The van der Waals surface area contributed by atoms with Crippen molar-refractivity contribution in [1.29, 1.82) is 0 Å². The van der Waals surface area contributed by atoms with E-state index in [9.17, 15) is 0 Å². The van der Waals surface area contributed by atoms with E-state index in [1.807, 2.05) is 18.2 Å². The SMILES string of the molecule is c1ccc(N(c2cccc(N3c4cccc5c4B(c4oc6ccccc6c43)c3c(oc4ccccc34)N5c3ccccc3)c2)c2ccc3oc4ccccc4c3c2)cc1. The van der Waals surface area contributed by atoms with E-state index in [0.29, 0.717) is 0 Å². The van der Waals surface area contributed by atoms with Gasteiger partial charge in [0, 0.05) is 66.8 Å². The Kier molecular flexibility index (Phi) is 6.72. The maximum atomic E-state index is 7.07. The third-order valence-corrected chi connectivity index (χ3v) is 12.0. The molecule has 2 aliphatic rings. The predicted molar refractivity (Wildman–Crippen MR) is 242 cm³/mol. The molecule has 0 aliphatic carbocycles. The summed E-state index contributed by atoms with van der Waals surface area (Å²) < 4.78 is 20.2. The van der Waals surface area contributed by atoms with E-state index in [4.69, 9.17) is 13.3 Å². The van der Waals surface area contributed by atoms with Gasteiger partial charge in [0.2, 0.25) is 5.88 Å². The molecule has 13 rings (SSSR count). The number of hydrogen-bond acceptors (Lipinski definition) is 6. The Morgan fingerprint density at radius 3 is 1.75 bits per heavy atom. The molecule has 0 saturated carbocycles. The molecule has 0 fully saturated rings. The minimum atomic E-state index is -0.209. The molecule has 0 bridgehead atoms. The largest absolute Gasteiger partial charge is 0.468 e. The number of para-hydroxylation sites is 5. The van der Waals surface area contributed by atoms with Crippen LogP contribution < -0.4 is 31.3 Å². The quantitative estimate of drug-likeness (QED) is 0.163. The summed E-state index contributed by atoms with van der Waals surface area (Å²) in [4.78, 5) is 7.01. The Hall–Kier alpha value is -7.90. The van der Waals surface area contributed by atoms with Crippen LogP contribution in [0.2, 0.25) is 0 Å². The molecule has 0 saturated heterocycles. The molecule has 0 radical (unpaired) electrons. The van der Waals surface area contributed by atoms with Crippen LogP contribution in [0.4, 0.5) is 51.4 Å². The van der Waals surface area contributed by atoms with Gasteiger partial charge in [-0.2, -0.15) is 0 Å². The van der Waals surface area contributed by atoms with Crippen LogP contribution in [0, 0.1) is 0 Å². The molecule has 0 amide bonds. The molecule has 7 heteroatoms. The second-order valence-corrected chi connectivity index (χ2v) is 15.2.